The van der Waals surface area contributed by atoms with Crippen molar-refractivity contribution >= 4 is 0 Å². The van der Waals surface area contributed by atoms with E-state index in [1.54, 1.807) is 7.11 Å². The van der Waals surface area contributed by atoms with Crippen molar-refractivity contribution in [3.05, 3.63) is 29.8 Å². The van der Waals surface area contributed by atoms with Gasteiger partial charge in [0.15, 0.2) is 0 Å². The van der Waals surface area contributed by atoms with Crippen LogP contribution in [0.1, 0.15) is 12.0 Å². The summed E-state index contributed by atoms with van der Waals surface area (Å²) in [7, 11) is 9.73. The summed E-state index contributed by atoms with van der Waals surface area (Å²) in [6.45, 7) is 1.59. The van der Waals surface area contributed by atoms with Gasteiger partial charge in [0, 0.05) is 6.54 Å². The van der Waals surface area contributed by atoms with Gasteiger partial charge in [-0.2, -0.15) is 5.26 Å². The highest BCUT2D eigenvalue weighted by molar-refractivity contribution is 5.37. The zero-order valence-corrected chi connectivity index (χ0v) is 13.2. The molecule has 0 heterocycles. The SMILES string of the molecule is COc1ccc([C@@](C#N)(CCN(C)C)CN(C)C)cc1. The molecule has 1 aromatic carbocycles. The van der Waals surface area contributed by atoms with Crippen molar-refractivity contribution in [3.63, 3.8) is 0 Å². The molecule has 0 bridgehead atoms. The third kappa shape index (κ3) is 4.22. The Kier molecular flexibility index (Phi) is 6.00. The van der Waals surface area contributed by atoms with Gasteiger partial charge in [0.25, 0.3) is 0 Å². The van der Waals surface area contributed by atoms with Gasteiger partial charge in [0.2, 0.25) is 0 Å². The van der Waals surface area contributed by atoms with Crippen LogP contribution >= 0.6 is 0 Å². The average molecular weight is 275 g/mol. The Balaban J connectivity index is 3.09. The predicted octanol–water partition coefficient (Wildman–Crippen LogP) is 1.97. The lowest BCUT2D eigenvalue weighted by atomic mass is 9.78. The number of nitrogens with zero attached hydrogens (tertiary/aromatic N) is 3. The molecule has 0 N–H and O–H groups in total. The van der Waals surface area contributed by atoms with Crippen LogP contribution in [0.2, 0.25) is 0 Å². The summed E-state index contributed by atoms with van der Waals surface area (Å²) in [5.74, 6) is 0.818. The molecule has 4 heteroatoms. The maximum atomic E-state index is 9.79. The molecule has 1 rings (SSSR count). The van der Waals surface area contributed by atoms with Gasteiger partial charge in [0.05, 0.1) is 18.6 Å². The van der Waals surface area contributed by atoms with Gasteiger partial charge in [-0.05, 0) is 58.9 Å². The molecule has 0 amide bonds. The van der Waals surface area contributed by atoms with Crippen LogP contribution in [-0.2, 0) is 5.41 Å². The topological polar surface area (TPSA) is 39.5 Å². The molecule has 0 saturated carbocycles. The predicted molar refractivity (Wildman–Crippen MR) is 82.0 cm³/mol. The van der Waals surface area contributed by atoms with Crippen molar-refractivity contribution in [1.29, 1.82) is 5.26 Å². The van der Waals surface area contributed by atoms with Crippen molar-refractivity contribution in [2.45, 2.75) is 11.8 Å². The standard InChI is InChI=1S/C16H25N3O/c1-18(2)11-10-16(12-17,13-19(3)4)14-6-8-15(20-5)9-7-14/h6-9H,10-11,13H2,1-5H3/t16-/m1/s1. The first kappa shape index (κ1) is 16.5. The van der Waals surface area contributed by atoms with Crippen LogP contribution in [0.15, 0.2) is 24.3 Å². The maximum Gasteiger partial charge on any atom is 0.118 e. The molecular formula is C16H25N3O. The van der Waals surface area contributed by atoms with E-state index in [9.17, 15) is 5.26 Å². The van der Waals surface area contributed by atoms with E-state index in [-0.39, 0.29) is 0 Å². The molecule has 4 nitrogen and oxygen atoms in total. The highest BCUT2D eigenvalue weighted by Gasteiger charge is 2.33. The Morgan fingerprint density at radius 3 is 2.10 bits per heavy atom. The van der Waals surface area contributed by atoms with Gasteiger partial charge >= 0.3 is 0 Å². The molecule has 0 unspecified atom stereocenters. The molecule has 0 fully saturated rings. The van der Waals surface area contributed by atoms with Crippen molar-refractivity contribution in [2.75, 3.05) is 48.4 Å². The largest absolute Gasteiger partial charge is 0.497 e. The summed E-state index contributed by atoms with van der Waals surface area (Å²) in [6, 6.07) is 10.4. The summed E-state index contributed by atoms with van der Waals surface area (Å²) in [6.07, 6.45) is 0.807. The monoisotopic (exact) mass is 275 g/mol. The van der Waals surface area contributed by atoms with Crippen LogP contribution in [0.5, 0.6) is 5.75 Å². The van der Waals surface area contributed by atoms with Crippen molar-refractivity contribution in [3.8, 4) is 11.8 Å². The zero-order valence-electron chi connectivity index (χ0n) is 13.2. The quantitative estimate of drug-likeness (QED) is 0.763. The smallest absolute Gasteiger partial charge is 0.118 e. The van der Waals surface area contributed by atoms with E-state index >= 15 is 0 Å². The summed E-state index contributed by atoms with van der Waals surface area (Å²) in [4.78, 5) is 4.19. The van der Waals surface area contributed by atoms with Crippen molar-refractivity contribution in [2.24, 2.45) is 0 Å². The lowest BCUT2D eigenvalue weighted by Gasteiger charge is -2.31. The lowest BCUT2D eigenvalue weighted by Crippen LogP contribution is -2.39. The Morgan fingerprint density at radius 2 is 1.70 bits per heavy atom. The second-order valence-corrected chi connectivity index (χ2v) is 5.71. The number of nitriles is 1. The fourth-order valence-electron chi connectivity index (χ4n) is 2.33. The number of ether oxygens (including phenoxy) is 1. The number of likely N-dealkylation sites (N-methyl/N-ethyl adjacent to an activating group) is 1. The van der Waals surface area contributed by atoms with E-state index < -0.39 is 5.41 Å². The van der Waals surface area contributed by atoms with E-state index in [1.165, 1.54) is 0 Å². The number of methoxy groups -OCH3 is 1. The molecule has 0 aliphatic heterocycles. The fraction of sp³-hybridized carbons (Fsp3) is 0.562. The number of hydrogen-bond donors (Lipinski definition) is 0. The highest BCUT2D eigenvalue weighted by Crippen LogP contribution is 2.30. The molecule has 1 atom stereocenters. The third-order valence-corrected chi connectivity index (χ3v) is 3.43. The molecule has 110 valence electrons. The summed E-state index contributed by atoms with van der Waals surface area (Å²) in [5.41, 5.74) is 0.566. The molecule has 0 saturated heterocycles. The Bertz CT molecular complexity index is 448. The molecular weight excluding hydrogens is 250 g/mol. The number of benzene rings is 1. The van der Waals surface area contributed by atoms with Crippen LogP contribution in [0, 0.1) is 11.3 Å². The second kappa shape index (κ2) is 7.28. The van der Waals surface area contributed by atoms with Crippen LogP contribution in [0.25, 0.3) is 0 Å². The van der Waals surface area contributed by atoms with E-state index in [0.29, 0.717) is 6.54 Å². The van der Waals surface area contributed by atoms with Crippen LogP contribution in [-0.4, -0.2) is 58.2 Å². The van der Waals surface area contributed by atoms with E-state index in [1.807, 2.05) is 52.5 Å². The minimum absolute atomic E-state index is 0.486. The van der Waals surface area contributed by atoms with Crippen LogP contribution in [0.3, 0.4) is 0 Å². The average Bonchev–Trinajstić information content (AvgIpc) is 2.43. The van der Waals surface area contributed by atoms with Gasteiger partial charge in [-0.1, -0.05) is 12.1 Å². The molecule has 1 aromatic rings. The van der Waals surface area contributed by atoms with E-state index in [0.717, 1.165) is 24.3 Å². The van der Waals surface area contributed by atoms with Gasteiger partial charge in [-0.3, -0.25) is 0 Å². The molecule has 20 heavy (non-hydrogen) atoms. The van der Waals surface area contributed by atoms with Gasteiger partial charge in [0.1, 0.15) is 5.75 Å². The first-order valence-electron chi connectivity index (χ1n) is 6.79. The fourth-order valence-corrected chi connectivity index (χ4v) is 2.33. The molecule has 0 aliphatic carbocycles. The first-order chi connectivity index (χ1) is 9.43. The van der Waals surface area contributed by atoms with Crippen LogP contribution < -0.4 is 4.74 Å². The lowest BCUT2D eigenvalue weighted by molar-refractivity contribution is 0.284. The number of hydrogen-bond acceptors (Lipinski definition) is 4. The minimum Gasteiger partial charge on any atom is -0.497 e. The minimum atomic E-state index is -0.486. The van der Waals surface area contributed by atoms with Crippen molar-refractivity contribution < 1.29 is 4.74 Å². The second-order valence-electron chi connectivity index (χ2n) is 5.71. The number of rotatable bonds is 7. The van der Waals surface area contributed by atoms with Gasteiger partial charge in [-0.25, -0.2) is 0 Å². The highest BCUT2D eigenvalue weighted by atomic mass is 16.5. The summed E-state index contributed by atoms with van der Waals surface area (Å²) >= 11 is 0. The summed E-state index contributed by atoms with van der Waals surface area (Å²) in [5, 5.41) is 9.79. The van der Waals surface area contributed by atoms with Crippen molar-refractivity contribution in [1.82, 2.24) is 9.80 Å². The molecule has 0 aliphatic rings. The van der Waals surface area contributed by atoms with E-state index in [4.69, 9.17) is 4.74 Å². The Morgan fingerprint density at radius 1 is 1.10 bits per heavy atom. The summed E-state index contributed by atoms with van der Waals surface area (Å²) < 4.78 is 5.19. The van der Waals surface area contributed by atoms with Gasteiger partial charge in [-0.15, -0.1) is 0 Å². The first-order valence-corrected chi connectivity index (χ1v) is 6.79. The molecule has 0 radical (unpaired) electrons. The Hall–Kier alpha value is -1.57. The van der Waals surface area contributed by atoms with Gasteiger partial charge < -0.3 is 14.5 Å². The zero-order chi connectivity index (χ0) is 15.2. The normalized spacial score (nSPS) is 14.1. The molecule has 0 spiro atoms. The van der Waals surface area contributed by atoms with E-state index in [2.05, 4.69) is 15.9 Å². The molecule has 0 aromatic heterocycles. The Labute approximate surface area is 122 Å². The van der Waals surface area contributed by atoms with Crippen LogP contribution in [0.4, 0.5) is 0 Å². The third-order valence-electron chi connectivity index (χ3n) is 3.43. The maximum absolute atomic E-state index is 9.79.